The van der Waals surface area contributed by atoms with Crippen molar-refractivity contribution in [2.45, 2.75) is 25.4 Å². The Labute approximate surface area is 116 Å². The van der Waals surface area contributed by atoms with Crippen molar-refractivity contribution < 1.29 is 9.59 Å². The molecule has 1 N–H and O–H groups in total. The van der Waals surface area contributed by atoms with Crippen molar-refractivity contribution >= 4 is 11.8 Å². The number of hydrogen-bond acceptors (Lipinski definition) is 3. The van der Waals surface area contributed by atoms with E-state index in [-0.39, 0.29) is 35.9 Å². The fourth-order valence-electron chi connectivity index (χ4n) is 2.67. The number of rotatable bonds is 4. The van der Waals surface area contributed by atoms with Gasteiger partial charge < -0.3 is 14.8 Å². The molecule has 106 valence electrons. The first-order valence-electron chi connectivity index (χ1n) is 6.89. The quantitative estimate of drug-likeness (QED) is 0.811. The van der Waals surface area contributed by atoms with Crippen molar-refractivity contribution in [1.82, 2.24) is 14.8 Å². The topological polar surface area (TPSA) is 71.4 Å². The van der Waals surface area contributed by atoms with Crippen LogP contribution in [0.2, 0.25) is 0 Å². The van der Waals surface area contributed by atoms with Crippen LogP contribution in [-0.4, -0.2) is 40.4 Å². The number of carbonyl (C=O) groups excluding carboxylic acids is 2. The Morgan fingerprint density at radius 3 is 2.65 bits per heavy atom. The van der Waals surface area contributed by atoms with Crippen molar-refractivity contribution in [3.05, 3.63) is 34.7 Å². The molecule has 20 heavy (non-hydrogen) atoms. The molecule has 0 bridgehead atoms. The highest BCUT2D eigenvalue weighted by molar-refractivity contribution is 5.95. The molecule has 1 aliphatic carbocycles. The number of nitrogens with zero attached hydrogens (tertiary/aromatic N) is 2. The molecule has 1 aromatic rings. The Morgan fingerprint density at radius 1 is 1.15 bits per heavy atom. The van der Waals surface area contributed by atoms with Crippen LogP contribution in [0.5, 0.6) is 0 Å². The summed E-state index contributed by atoms with van der Waals surface area (Å²) in [6, 6.07) is 4.61. The Hall–Kier alpha value is -2.11. The van der Waals surface area contributed by atoms with Crippen LogP contribution in [0.4, 0.5) is 0 Å². The van der Waals surface area contributed by atoms with E-state index < -0.39 is 0 Å². The third kappa shape index (κ3) is 2.45. The van der Waals surface area contributed by atoms with E-state index in [0.717, 1.165) is 12.8 Å². The van der Waals surface area contributed by atoms with Gasteiger partial charge in [0.1, 0.15) is 6.04 Å². The maximum absolute atomic E-state index is 12.0. The molecule has 2 heterocycles. The molecule has 2 amide bonds. The van der Waals surface area contributed by atoms with Crippen LogP contribution in [0.3, 0.4) is 0 Å². The van der Waals surface area contributed by atoms with Crippen LogP contribution < -0.4 is 10.9 Å². The average Bonchev–Trinajstić information content (AvgIpc) is 3.25. The molecule has 6 heteroatoms. The van der Waals surface area contributed by atoms with Crippen molar-refractivity contribution in [3.8, 4) is 0 Å². The van der Waals surface area contributed by atoms with Gasteiger partial charge in [0, 0.05) is 25.4 Å². The highest BCUT2D eigenvalue weighted by Crippen LogP contribution is 2.36. The summed E-state index contributed by atoms with van der Waals surface area (Å²) in [5.74, 6) is 0.157. The van der Waals surface area contributed by atoms with E-state index in [9.17, 15) is 14.4 Å². The maximum atomic E-state index is 12.0. The highest BCUT2D eigenvalue weighted by atomic mass is 16.2. The minimum absolute atomic E-state index is 0.0613. The van der Waals surface area contributed by atoms with Crippen LogP contribution in [0, 0.1) is 5.92 Å². The Bertz CT molecular complexity index is 591. The van der Waals surface area contributed by atoms with Gasteiger partial charge in [0.2, 0.25) is 11.8 Å². The van der Waals surface area contributed by atoms with Gasteiger partial charge in [0.05, 0.1) is 6.54 Å². The summed E-state index contributed by atoms with van der Waals surface area (Å²) >= 11 is 0. The number of nitrogens with one attached hydrogen (secondary N) is 1. The molecular weight excluding hydrogens is 258 g/mol. The van der Waals surface area contributed by atoms with Gasteiger partial charge in [-0.05, 0) is 24.8 Å². The van der Waals surface area contributed by atoms with Gasteiger partial charge in [0.15, 0.2) is 0 Å². The minimum atomic E-state index is -0.351. The smallest absolute Gasteiger partial charge is 0.250 e. The van der Waals surface area contributed by atoms with E-state index in [2.05, 4.69) is 5.32 Å². The molecular formula is C14H17N3O3. The molecule has 2 aliphatic rings. The molecule has 1 unspecified atom stereocenters. The van der Waals surface area contributed by atoms with Crippen molar-refractivity contribution in [2.75, 3.05) is 13.1 Å². The maximum Gasteiger partial charge on any atom is 0.250 e. The van der Waals surface area contributed by atoms with E-state index in [0.29, 0.717) is 13.1 Å². The van der Waals surface area contributed by atoms with Gasteiger partial charge in [-0.2, -0.15) is 0 Å². The van der Waals surface area contributed by atoms with Crippen LogP contribution in [0.25, 0.3) is 0 Å². The van der Waals surface area contributed by atoms with Crippen molar-refractivity contribution in [2.24, 2.45) is 5.92 Å². The number of amides is 2. The molecule has 1 aliphatic heterocycles. The van der Waals surface area contributed by atoms with E-state index >= 15 is 0 Å². The standard InChI is InChI=1S/C14H17N3O3/c18-11-3-1-2-6-16(11)7-8-17-12(19)9-15-14(20)13(17)10-4-5-10/h1-3,6,10,13H,4-5,7-9H2,(H,15,20). The third-order valence-electron chi connectivity index (χ3n) is 3.89. The lowest BCUT2D eigenvalue weighted by molar-refractivity contribution is -0.146. The lowest BCUT2D eigenvalue weighted by Gasteiger charge is -2.35. The zero-order valence-electron chi connectivity index (χ0n) is 11.1. The van der Waals surface area contributed by atoms with Crippen molar-refractivity contribution in [3.63, 3.8) is 0 Å². The van der Waals surface area contributed by atoms with Crippen LogP contribution in [0.1, 0.15) is 12.8 Å². The molecule has 0 aromatic carbocycles. The predicted octanol–water partition coefficient (Wildman–Crippen LogP) is -0.415. The lowest BCUT2D eigenvalue weighted by atomic mass is 10.1. The third-order valence-corrected chi connectivity index (χ3v) is 3.89. The number of aromatic nitrogens is 1. The summed E-state index contributed by atoms with van der Waals surface area (Å²) < 4.78 is 1.56. The van der Waals surface area contributed by atoms with E-state index in [1.807, 2.05) is 0 Å². The Kier molecular flexibility index (Phi) is 3.30. The second kappa shape index (κ2) is 5.11. The largest absolute Gasteiger partial charge is 0.345 e. The molecule has 1 atom stereocenters. The number of carbonyl (C=O) groups is 2. The predicted molar refractivity (Wildman–Crippen MR) is 71.9 cm³/mol. The number of pyridine rings is 1. The number of piperazine rings is 1. The molecule has 0 spiro atoms. The Balaban J connectivity index is 1.73. The molecule has 3 rings (SSSR count). The average molecular weight is 275 g/mol. The summed E-state index contributed by atoms with van der Waals surface area (Å²) in [7, 11) is 0. The lowest BCUT2D eigenvalue weighted by Crippen LogP contribution is -2.59. The minimum Gasteiger partial charge on any atom is -0.345 e. The first-order chi connectivity index (χ1) is 9.66. The van der Waals surface area contributed by atoms with Gasteiger partial charge >= 0.3 is 0 Å². The monoisotopic (exact) mass is 275 g/mol. The fourth-order valence-corrected chi connectivity index (χ4v) is 2.67. The van der Waals surface area contributed by atoms with Gasteiger partial charge in [-0.15, -0.1) is 0 Å². The summed E-state index contributed by atoms with van der Waals surface area (Å²) in [6.07, 6.45) is 3.68. The molecule has 2 fully saturated rings. The molecule has 1 aromatic heterocycles. The first kappa shape index (κ1) is 12.9. The Morgan fingerprint density at radius 2 is 1.95 bits per heavy atom. The molecule has 1 saturated carbocycles. The van der Waals surface area contributed by atoms with Gasteiger partial charge in [-0.1, -0.05) is 6.07 Å². The second-order valence-corrected chi connectivity index (χ2v) is 5.32. The van der Waals surface area contributed by atoms with Crippen LogP contribution in [0.15, 0.2) is 29.2 Å². The number of hydrogen-bond donors (Lipinski definition) is 1. The van der Waals surface area contributed by atoms with E-state index in [1.54, 1.807) is 27.8 Å². The van der Waals surface area contributed by atoms with Gasteiger partial charge in [-0.25, -0.2) is 0 Å². The zero-order valence-corrected chi connectivity index (χ0v) is 11.1. The van der Waals surface area contributed by atoms with E-state index in [1.165, 1.54) is 6.07 Å². The van der Waals surface area contributed by atoms with E-state index in [4.69, 9.17) is 0 Å². The highest BCUT2D eigenvalue weighted by Gasteiger charge is 2.44. The normalized spacial score (nSPS) is 22.8. The molecule has 1 saturated heterocycles. The van der Waals surface area contributed by atoms with Gasteiger partial charge in [-0.3, -0.25) is 14.4 Å². The van der Waals surface area contributed by atoms with Gasteiger partial charge in [0.25, 0.3) is 5.56 Å². The summed E-state index contributed by atoms with van der Waals surface area (Å²) in [4.78, 5) is 37.2. The first-order valence-corrected chi connectivity index (χ1v) is 6.89. The molecule has 6 nitrogen and oxygen atoms in total. The second-order valence-electron chi connectivity index (χ2n) is 5.32. The SMILES string of the molecule is O=C1NCC(=O)N(CCn2ccccc2=O)C1C1CC1. The molecule has 0 radical (unpaired) electrons. The summed E-state index contributed by atoms with van der Waals surface area (Å²) in [6.45, 7) is 0.880. The van der Waals surface area contributed by atoms with Crippen LogP contribution in [-0.2, 0) is 16.1 Å². The van der Waals surface area contributed by atoms with Crippen LogP contribution >= 0.6 is 0 Å². The summed E-state index contributed by atoms with van der Waals surface area (Å²) in [5.41, 5.74) is -0.0932. The summed E-state index contributed by atoms with van der Waals surface area (Å²) in [5, 5.41) is 2.64. The zero-order chi connectivity index (χ0) is 14.1. The van der Waals surface area contributed by atoms with Crippen molar-refractivity contribution in [1.29, 1.82) is 0 Å². The fraction of sp³-hybridized carbons (Fsp3) is 0.500.